The van der Waals surface area contributed by atoms with Crippen LogP contribution in [0.1, 0.15) is 25.3 Å². The van der Waals surface area contributed by atoms with Crippen LogP contribution in [-0.2, 0) is 22.7 Å². The van der Waals surface area contributed by atoms with Crippen LogP contribution in [-0.4, -0.2) is 28.9 Å². The van der Waals surface area contributed by atoms with Crippen LogP contribution in [0.2, 0.25) is 0 Å². The van der Waals surface area contributed by atoms with Crippen molar-refractivity contribution >= 4 is 40.4 Å². The third-order valence-corrected chi connectivity index (χ3v) is 11.8. The van der Waals surface area contributed by atoms with E-state index in [2.05, 4.69) is 17.1 Å². The van der Waals surface area contributed by atoms with E-state index in [0.29, 0.717) is 16.4 Å². The fraction of sp³-hybridized carbons (Fsp3) is 0.333. The van der Waals surface area contributed by atoms with Crippen molar-refractivity contribution in [3.05, 3.63) is 63.7 Å². The van der Waals surface area contributed by atoms with Gasteiger partial charge in [0, 0.05) is 0 Å². The average Bonchev–Trinajstić information content (AvgIpc) is 2.75. The first-order valence-electron chi connectivity index (χ1n) is 9.69. The second kappa shape index (κ2) is 11.7. The van der Waals surface area contributed by atoms with E-state index in [-0.39, 0.29) is 17.4 Å². The Kier molecular flexibility index (Phi) is 9.74. The first kappa shape index (κ1) is 27.6. The van der Waals surface area contributed by atoms with Crippen LogP contribution >= 0.6 is 20.2 Å². The van der Waals surface area contributed by atoms with Gasteiger partial charge >= 0.3 is 201 Å². The zero-order valence-electron chi connectivity index (χ0n) is 17.8. The molecule has 33 heavy (non-hydrogen) atoms. The number of sulfonamides is 1. The maximum absolute atomic E-state index is 12.8. The van der Waals surface area contributed by atoms with Gasteiger partial charge in [-0.15, -0.1) is 0 Å². The Hall–Kier alpha value is -1.66. The van der Waals surface area contributed by atoms with Crippen LogP contribution in [0, 0.1) is 26.3 Å². The molecule has 0 amide bonds. The zero-order valence-corrected chi connectivity index (χ0v) is 21.6. The minimum atomic E-state index is -5.79. The number of aryl methyl sites for hydroxylation is 1. The van der Waals surface area contributed by atoms with E-state index in [0.717, 1.165) is 5.56 Å². The van der Waals surface area contributed by atoms with Gasteiger partial charge in [0.05, 0.1) is 0 Å². The van der Waals surface area contributed by atoms with Crippen LogP contribution in [0.4, 0.5) is 13.2 Å². The molecule has 0 aliphatic carbocycles. The second-order valence-corrected chi connectivity index (χ2v) is 14.4. The number of benzene rings is 2. The molecule has 6 nitrogen and oxygen atoms in total. The van der Waals surface area contributed by atoms with Crippen LogP contribution in [0.5, 0.6) is 0 Å². The summed E-state index contributed by atoms with van der Waals surface area (Å²) in [5.74, 6) is 2.43. The Morgan fingerprint density at radius 3 is 2.18 bits per heavy atom. The molecular formula is C21H23F3INO5S2. The molecule has 0 spiro atoms. The Bertz CT molecular complexity index is 1190. The van der Waals surface area contributed by atoms with Crippen molar-refractivity contribution in [1.29, 1.82) is 0 Å². The number of hydrogen-bond acceptors (Lipinski definition) is 5. The summed E-state index contributed by atoms with van der Waals surface area (Å²) in [7, 11) is -9.51. The summed E-state index contributed by atoms with van der Waals surface area (Å²) in [5, 5.41) is 0. The van der Waals surface area contributed by atoms with Crippen LogP contribution in [0.3, 0.4) is 0 Å². The van der Waals surface area contributed by atoms with Crippen molar-refractivity contribution in [2.75, 3.05) is 6.54 Å². The van der Waals surface area contributed by atoms with E-state index in [1.807, 2.05) is 6.92 Å². The summed E-state index contributed by atoms with van der Waals surface area (Å²) in [5.41, 5.74) is -4.62. The Balaban J connectivity index is 2.13. The van der Waals surface area contributed by atoms with Gasteiger partial charge in [-0.3, -0.25) is 0 Å². The molecule has 0 bridgehead atoms. The van der Waals surface area contributed by atoms with E-state index in [1.165, 1.54) is 24.3 Å². The van der Waals surface area contributed by atoms with Gasteiger partial charge in [0.25, 0.3) is 0 Å². The molecule has 0 radical (unpaired) electrons. The fourth-order valence-corrected chi connectivity index (χ4v) is 8.84. The molecule has 1 atom stereocenters. The first-order chi connectivity index (χ1) is 15.4. The molecule has 0 fully saturated rings. The molecule has 0 saturated heterocycles. The van der Waals surface area contributed by atoms with Crippen LogP contribution < -0.4 is 4.72 Å². The van der Waals surface area contributed by atoms with Crippen molar-refractivity contribution in [1.82, 2.24) is 4.72 Å². The summed E-state index contributed by atoms with van der Waals surface area (Å²) < 4.78 is 96.2. The molecular weight excluding hydrogens is 594 g/mol. The first-order valence-corrected chi connectivity index (χ1v) is 15.6. The van der Waals surface area contributed by atoms with E-state index < -0.39 is 45.9 Å². The molecule has 182 valence electrons. The van der Waals surface area contributed by atoms with Gasteiger partial charge in [-0.1, -0.05) is 0 Å². The molecule has 0 heterocycles. The second-order valence-electron chi connectivity index (χ2n) is 6.85. The van der Waals surface area contributed by atoms with Crippen molar-refractivity contribution in [3.8, 4) is 9.85 Å². The minimum absolute atomic E-state index is 0.0602. The summed E-state index contributed by atoms with van der Waals surface area (Å²) in [6.45, 7) is 3.69. The van der Waals surface area contributed by atoms with Crippen molar-refractivity contribution in [2.45, 2.75) is 37.1 Å². The van der Waals surface area contributed by atoms with Gasteiger partial charge in [-0.05, 0) is 0 Å². The zero-order chi connectivity index (χ0) is 24.7. The summed E-state index contributed by atoms with van der Waals surface area (Å²) in [6, 6.07) is 14.0. The van der Waals surface area contributed by atoms with Gasteiger partial charge in [0.1, 0.15) is 0 Å². The standard InChI is InChI=1S/C21H23F3INO5S2/c1-3-18(14-16-26-32(27,28)20-11-9-17(2)10-12-20)13-15-25(19-7-5-4-6-8-19)31-33(29,30)21(22,23)24/h4-12,18,26H,3,14,16H2,1-2H3. The topological polar surface area (TPSA) is 89.5 Å². The van der Waals surface area contributed by atoms with E-state index >= 15 is 0 Å². The molecule has 2 aromatic carbocycles. The van der Waals surface area contributed by atoms with Crippen molar-refractivity contribution in [2.24, 2.45) is 5.92 Å². The molecule has 1 N–H and O–H groups in total. The average molecular weight is 617 g/mol. The molecule has 2 aromatic rings. The van der Waals surface area contributed by atoms with Crippen LogP contribution in [0.25, 0.3) is 0 Å². The number of nitrogens with one attached hydrogen (secondary N) is 1. The molecule has 12 heteroatoms. The quantitative estimate of drug-likeness (QED) is 0.248. The SMILES string of the molecule is CCC(C#CI(OS(=O)(=O)C(F)(F)F)c1ccccc1)CCNS(=O)(=O)c1ccc(C)cc1. The molecule has 2 rings (SSSR count). The summed E-state index contributed by atoms with van der Waals surface area (Å²) in [6.07, 6.45) is 0.781. The predicted molar refractivity (Wildman–Crippen MR) is 128 cm³/mol. The molecule has 0 aliphatic rings. The Labute approximate surface area is 200 Å². The van der Waals surface area contributed by atoms with Crippen molar-refractivity contribution < 1.29 is 32.5 Å². The maximum atomic E-state index is 12.8. The third-order valence-electron chi connectivity index (χ3n) is 4.31. The number of hydrogen-bond donors (Lipinski definition) is 1. The van der Waals surface area contributed by atoms with Gasteiger partial charge in [-0.2, -0.15) is 0 Å². The molecule has 0 aromatic heterocycles. The van der Waals surface area contributed by atoms with E-state index in [9.17, 15) is 30.0 Å². The van der Waals surface area contributed by atoms with Gasteiger partial charge < -0.3 is 0 Å². The van der Waals surface area contributed by atoms with Gasteiger partial charge in [0.2, 0.25) is 0 Å². The summed E-state index contributed by atoms with van der Waals surface area (Å²) >= 11 is -3.53. The van der Waals surface area contributed by atoms with Crippen LogP contribution in [0.15, 0.2) is 59.5 Å². The van der Waals surface area contributed by atoms with E-state index in [4.69, 9.17) is 0 Å². The van der Waals surface area contributed by atoms with Gasteiger partial charge in [0.15, 0.2) is 0 Å². The Morgan fingerprint density at radius 1 is 1.03 bits per heavy atom. The third kappa shape index (κ3) is 8.25. The molecule has 1 unspecified atom stereocenters. The van der Waals surface area contributed by atoms with Gasteiger partial charge in [-0.25, -0.2) is 0 Å². The number of halogens is 4. The number of alkyl halides is 3. The monoisotopic (exact) mass is 617 g/mol. The van der Waals surface area contributed by atoms with E-state index in [1.54, 1.807) is 37.3 Å². The predicted octanol–water partition coefficient (Wildman–Crippen LogP) is 4.81. The molecule has 0 saturated carbocycles. The Morgan fingerprint density at radius 2 is 1.64 bits per heavy atom. The summed E-state index contributed by atoms with van der Waals surface area (Å²) in [4.78, 5) is 0.121. The normalized spacial score (nSPS) is 13.7. The number of rotatable bonds is 9. The fourth-order valence-electron chi connectivity index (χ4n) is 2.43. The van der Waals surface area contributed by atoms with Crippen molar-refractivity contribution in [3.63, 3.8) is 0 Å². The molecule has 0 aliphatic heterocycles.